The van der Waals surface area contributed by atoms with E-state index in [-0.39, 0.29) is 10.1 Å². The molecule has 2 N–H and O–H groups in total. The number of carboxylic acid groups (broad SMARTS) is 1. The Morgan fingerprint density at radius 1 is 1.55 bits per heavy atom. The molecule has 1 saturated heterocycles. The first-order chi connectivity index (χ1) is 9.47. The number of aromatic nitrogens is 1. The summed E-state index contributed by atoms with van der Waals surface area (Å²) < 4.78 is 4.98. The Labute approximate surface area is 124 Å². The Morgan fingerprint density at radius 3 is 2.95 bits per heavy atom. The van der Waals surface area contributed by atoms with Crippen LogP contribution in [0.15, 0.2) is 29.0 Å². The van der Waals surface area contributed by atoms with E-state index in [2.05, 4.69) is 10.3 Å². The maximum absolute atomic E-state index is 11.3. The van der Waals surface area contributed by atoms with Crippen molar-refractivity contribution in [1.29, 1.82) is 0 Å². The first kappa shape index (κ1) is 13.7. The lowest BCUT2D eigenvalue weighted by Gasteiger charge is -2.20. The van der Waals surface area contributed by atoms with Gasteiger partial charge in [-0.15, -0.1) is 23.1 Å². The van der Waals surface area contributed by atoms with E-state index in [9.17, 15) is 9.90 Å². The molecule has 0 amide bonds. The Balaban J connectivity index is 1.83. The molecule has 2 unspecified atom stereocenters. The van der Waals surface area contributed by atoms with Crippen molar-refractivity contribution in [3.05, 3.63) is 29.6 Å². The molecule has 2 atom stereocenters. The maximum Gasteiger partial charge on any atom is 0.322 e. The molecule has 0 radical (unpaired) electrons. The van der Waals surface area contributed by atoms with Crippen LogP contribution in [0.1, 0.15) is 24.2 Å². The van der Waals surface area contributed by atoms with Gasteiger partial charge in [-0.25, -0.2) is 4.98 Å². The van der Waals surface area contributed by atoms with Crippen LogP contribution < -0.4 is 5.32 Å². The molecule has 20 heavy (non-hydrogen) atoms. The van der Waals surface area contributed by atoms with Crippen molar-refractivity contribution in [3.63, 3.8) is 0 Å². The van der Waals surface area contributed by atoms with E-state index in [0.29, 0.717) is 0 Å². The van der Waals surface area contributed by atoms with Gasteiger partial charge in [-0.2, -0.15) is 0 Å². The van der Waals surface area contributed by atoms with Gasteiger partial charge in [0.2, 0.25) is 0 Å². The number of nitrogens with zero attached hydrogens (tertiary/aromatic N) is 1. The number of thiazole rings is 1. The second kappa shape index (κ2) is 4.91. The van der Waals surface area contributed by atoms with Gasteiger partial charge in [0, 0.05) is 10.9 Å². The summed E-state index contributed by atoms with van der Waals surface area (Å²) >= 11 is 3.11. The summed E-state index contributed by atoms with van der Waals surface area (Å²) in [5.41, 5.74) is 0. The van der Waals surface area contributed by atoms with Crippen molar-refractivity contribution in [2.75, 3.05) is 0 Å². The molecular formula is C13H14N2O3S2. The maximum atomic E-state index is 11.3. The first-order valence-corrected chi connectivity index (χ1v) is 7.83. The number of rotatable bonds is 3. The van der Waals surface area contributed by atoms with Crippen LogP contribution in [0, 0.1) is 0 Å². The van der Waals surface area contributed by atoms with Crippen LogP contribution in [0.3, 0.4) is 0 Å². The summed E-state index contributed by atoms with van der Waals surface area (Å²) in [5.74, 6) is -0.0430. The van der Waals surface area contributed by atoms with Crippen molar-refractivity contribution in [3.8, 4) is 10.6 Å². The molecule has 1 aliphatic heterocycles. The Morgan fingerprint density at radius 2 is 2.35 bits per heavy atom. The monoisotopic (exact) mass is 310 g/mol. The van der Waals surface area contributed by atoms with Gasteiger partial charge in [-0.1, -0.05) is 0 Å². The molecule has 2 aromatic heterocycles. The zero-order valence-corrected chi connectivity index (χ0v) is 12.6. The number of nitrogens with one attached hydrogen (secondary N) is 1. The van der Waals surface area contributed by atoms with Crippen LogP contribution in [0.5, 0.6) is 0 Å². The topological polar surface area (TPSA) is 75.4 Å². The van der Waals surface area contributed by atoms with E-state index in [0.717, 1.165) is 15.6 Å². The average molecular weight is 310 g/mol. The first-order valence-electron chi connectivity index (χ1n) is 6.13. The van der Waals surface area contributed by atoms with Gasteiger partial charge >= 0.3 is 5.97 Å². The summed E-state index contributed by atoms with van der Waals surface area (Å²) in [4.78, 5) is 16.6. The third kappa shape index (κ3) is 2.36. The van der Waals surface area contributed by atoms with Crippen molar-refractivity contribution in [2.24, 2.45) is 0 Å². The summed E-state index contributed by atoms with van der Waals surface area (Å²) in [6.07, 6.45) is 3.39. The van der Waals surface area contributed by atoms with Crippen LogP contribution in [0.25, 0.3) is 10.6 Å². The van der Waals surface area contributed by atoms with Crippen LogP contribution in [0.2, 0.25) is 0 Å². The number of furan rings is 1. The number of carbonyl (C=O) groups is 1. The molecule has 0 saturated carbocycles. The molecule has 5 nitrogen and oxygen atoms in total. The highest BCUT2D eigenvalue weighted by molar-refractivity contribution is 8.01. The van der Waals surface area contributed by atoms with Gasteiger partial charge in [0.15, 0.2) is 0 Å². The molecule has 0 spiro atoms. The van der Waals surface area contributed by atoms with Crippen LogP contribution in [-0.2, 0) is 4.79 Å². The van der Waals surface area contributed by atoms with E-state index >= 15 is 0 Å². The van der Waals surface area contributed by atoms with Gasteiger partial charge in [0.05, 0.1) is 11.1 Å². The highest BCUT2D eigenvalue weighted by atomic mass is 32.2. The normalized spacial score (nSPS) is 24.9. The third-order valence-corrected chi connectivity index (χ3v) is 5.86. The second-order valence-electron chi connectivity index (χ2n) is 5.08. The Hall–Kier alpha value is -1.31. The fraction of sp³-hybridized carbons (Fsp3) is 0.385. The number of hydrogen-bond donors (Lipinski definition) is 2. The highest BCUT2D eigenvalue weighted by Crippen LogP contribution is 2.47. The molecule has 3 heterocycles. The molecule has 0 aromatic carbocycles. The minimum absolute atomic E-state index is 0.0974. The molecule has 1 aliphatic rings. The average Bonchev–Trinajstić information content (AvgIpc) is 3.04. The summed E-state index contributed by atoms with van der Waals surface area (Å²) in [5, 5.41) is 13.2. The van der Waals surface area contributed by atoms with Gasteiger partial charge in [-0.3, -0.25) is 10.1 Å². The van der Waals surface area contributed by atoms with E-state index in [4.69, 9.17) is 4.42 Å². The molecule has 7 heteroatoms. The Kier molecular flexibility index (Phi) is 3.35. The van der Waals surface area contributed by atoms with Crippen LogP contribution >= 0.6 is 23.1 Å². The smallest absolute Gasteiger partial charge is 0.322 e. The van der Waals surface area contributed by atoms with Crippen molar-refractivity contribution in [1.82, 2.24) is 10.3 Å². The van der Waals surface area contributed by atoms with Gasteiger partial charge in [0.1, 0.15) is 22.2 Å². The van der Waals surface area contributed by atoms with Gasteiger partial charge < -0.3 is 9.52 Å². The lowest BCUT2D eigenvalue weighted by Crippen LogP contribution is -2.43. The zero-order chi connectivity index (χ0) is 14.3. The van der Waals surface area contributed by atoms with Gasteiger partial charge in [0.25, 0.3) is 0 Å². The summed E-state index contributed by atoms with van der Waals surface area (Å²) in [6.45, 7) is 3.87. The number of thioether (sulfide) groups is 1. The fourth-order valence-corrected chi connectivity index (χ4v) is 4.58. The molecular weight excluding hydrogens is 296 g/mol. The Bertz CT molecular complexity index is 621. The number of aliphatic carboxylic acids is 1. The molecule has 2 aromatic rings. The predicted octanol–water partition coefficient (Wildman–Crippen LogP) is 2.97. The second-order valence-corrected chi connectivity index (χ2v) is 7.90. The molecule has 3 rings (SSSR count). The largest absolute Gasteiger partial charge is 0.480 e. The van der Waals surface area contributed by atoms with E-state index < -0.39 is 12.0 Å². The lowest BCUT2D eigenvalue weighted by atomic mass is 10.0. The van der Waals surface area contributed by atoms with Gasteiger partial charge in [-0.05, 0) is 26.0 Å². The van der Waals surface area contributed by atoms with E-state index in [1.54, 1.807) is 24.2 Å². The number of hydrogen-bond acceptors (Lipinski definition) is 6. The summed E-state index contributed by atoms with van der Waals surface area (Å²) in [7, 11) is 0. The quantitative estimate of drug-likeness (QED) is 0.908. The standard InChI is InChI=1S/C13H14N2O3S2/c1-13(2)9(12(16)17)15-11(20-13)10-14-6-8(19-10)7-4-3-5-18-7/h3-6,9,11,15H,1-2H3,(H,16,17). The minimum atomic E-state index is -0.826. The van der Waals surface area contributed by atoms with Crippen LogP contribution in [0.4, 0.5) is 0 Å². The van der Waals surface area contributed by atoms with Crippen molar-refractivity contribution < 1.29 is 14.3 Å². The molecule has 1 fully saturated rings. The zero-order valence-electron chi connectivity index (χ0n) is 11.0. The van der Waals surface area contributed by atoms with Crippen molar-refractivity contribution in [2.45, 2.75) is 30.0 Å². The number of carboxylic acids is 1. The van der Waals surface area contributed by atoms with E-state index in [1.165, 1.54) is 11.3 Å². The fourth-order valence-electron chi connectivity index (χ4n) is 2.19. The summed E-state index contributed by atoms with van der Waals surface area (Å²) in [6, 6.07) is 3.14. The van der Waals surface area contributed by atoms with E-state index in [1.807, 2.05) is 26.0 Å². The van der Waals surface area contributed by atoms with Crippen molar-refractivity contribution >= 4 is 29.1 Å². The highest BCUT2D eigenvalue weighted by Gasteiger charge is 2.46. The SMILES string of the molecule is CC1(C)SC(c2ncc(-c3ccco3)s2)NC1C(=O)O. The minimum Gasteiger partial charge on any atom is -0.480 e. The third-order valence-electron chi connectivity index (χ3n) is 3.19. The molecule has 106 valence electrons. The predicted molar refractivity (Wildman–Crippen MR) is 78.8 cm³/mol. The molecule has 0 bridgehead atoms. The lowest BCUT2D eigenvalue weighted by molar-refractivity contribution is -0.139. The molecule has 0 aliphatic carbocycles. The van der Waals surface area contributed by atoms with Crippen LogP contribution in [-0.4, -0.2) is 26.8 Å².